The summed E-state index contributed by atoms with van der Waals surface area (Å²) in [5.74, 6) is 0.384. The maximum Gasteiger partial charge on any atom is 0.260 e. The SMILES string of the molecule is Cc1oc(-n2cccc2)c(C#N)c1C(=O)Nc1ccc(N(C)C)cc1. The first kappa shape index (κ1) is 16.4. The fraction of sp³-hybridized carbons (Fsp3) is 0.158. The molecule has 6 heteroatoms. The van der Waals surface area contributed by atoms with E-state index in [0.717, 1.165) is 5.69 Å². The normalized spacial score (nSPS) is 10.3. The van der Waals surface area contributed by atoms with Crippen LogP contribution in [0.3, 0.4) is 0 Å². The third kappa shape index (κ3) is 3.12. The number of hydrogen-bond donors (Lipinski definition) is 1. The van der Waals surface area contributed by atoms with E-state index in [1.54, 1.807) is 23.9 Å². The first-order valence-electron chi connectivity index (χ1n) is 7.77. The first-order valence-corrected chi connectivity index (χ1v) is 7.77. The smallest absolute Gasteiger partial charge is 0.260 e. The minimum atomic E-state index is -0.367. The zero-order chi connectivity index (χ0) is 18.0. The highest BCUT2D eigenvalue weighted by Gasteiger charge is 2.24. The van der Waals surface area contributed by atoms with Gasteiger partial charge in [0.15, 0.2) is 0 Å². The van der Waals surface area contributed by atoms with E-state index < -0.39 is 0 Å². The molecule has 0 bridgehead atoms. The van der Waals surface area contributed by atoms with E-state index in [2.05, 4.69) is 11.4 Å². The van der Waals surface area contributed by atoms with Crippen LogP contribution in [0.5, 0.6) is 0 Å². The highest BCUT2D eigenvalue weighted by atomic mass is 16.4. The number of aromatic nitrogens is 1. The van der Waals surface area contributed by atoms with Crippen LogP contribution in [-0.4, -0.2) is 24.6 Å². The van der Waals surface area contributed by atoms with Crippen LogP contribution in [0.2, 0.25) is 0 Å². The molecular weight excluding hydrogens is 316 g/mol. The van der Waals surface area contributed by atoms with Crippen molar-refractivity contribution in [2.24, 2.45) is 0 Å². The van der Waals surface area contributed by atoms with E-state index in [4.69, 9.17) is 4.42 Å². The number of rotatable bonds is 4. The Bertz CT molecular complexity index is 929. The van der Waals surface area contributed by atoms with Gasteiger partial charge in [-0.3, -0.25) is 9.36 Å². The van der Waals surface area contributed by atoms with Crippen LogP contribution in [0.25, 0.3) is 5.88 Å². The monoisotopic (exact) mass is 334 g/mol. The molecule has 0 aliphatic rings. The predicted octanol–water partition coefficient (Wildman–Crippen LogP) is 3.57. The molecule has 0 saturated heterocycles. The van der Waals surface area contributed by atoms with Crippen molar-refractivity contribution in [1.82, 2.24) is 4.57 Å². The van der Waals surface area contributed by atoms with Crippen molar-refractivity contribution >= 4 is 17.3 Å². The summed E-state index contributed by atoms with van der Waals surface area (Å²) in [5.41, 5.74) is 2.16. The molecule has 0 spiro atoms. The molecule has 3 aromatic rings. The van der Waals surface area contributed by atoms with Gasteiger partial charge >= 0.3 is 0 Å². The number of carbonyl (C=O) groups is 1. The Balaban J connectivity index is 1.91. The number of furan rings is 1. The zero-order valence-corrected chi connectivity index (χ0v) is 14.3. The maximum atomic E-state index is 12.7. The summed E-state index contributed by atoms with van der Waals surface area (Å²) in [6.07, 6.45) is 3.53. The number of benzene rings is 1. The average Bonchev–Trinajstić information content (AvgIpc) is 3.22. The minimum Gasteiger partial charge on any atom is -0.443 e. The second-order valence-corrected chi connectivity index (χ2v) is 5.81. The van der Waals surface area contributed by atoms with Gasteiger partial charge in [0.1, 0.15) is 23.0 Å². The van der Waals surface area contributed by atoms with Crippen molar-refractivity contribution in [3.05, 3.63) is 65.7 Å². The summed E-state index contributed by atoms with van der Waals surface area (Å²) >= 11 is 0. The van der Waals surface area contributed by atoms with Gasteiger partial charge in [-0.1, -0.05) is 0 Å². The molecule has 0 radical (unpaired) electrons. The molecule has 0 aliphatic carbocycles. The summed E-state index contributed by atoms with van der Waals surface area (Å²) in [4.78, 5) is 14.6. The number of hydrogen-bond acceptors (Lipinski definition) is 4. The van der Waals surface area contributed by atoms with Gasteiger partial charge in [0.25, 0.3) is 5.91 Å². The maximum absolute atomic E-state index is 12.7. The van der Waals surface area contributed by atoms with Crippen LogP contribution in [0.4, 0.5) is 11.4 Å². The molecule has 1 aromatic carbocycles. The van der Waals surface area contributed by atoms with Crippen molar-refractivity contribution in [3.8, 4) is 12.0 Å². The van der Waals surface area contributed by atoms with Crippen LogP contribution >= 0.6 is 0 Å². The zero-order valence-electron chi connectivity index (χ0n) is 14.3. The number of anilines is 2. The third-order valence-electron chi connectivity index (χ3n) is 3.89. The molecule has 0 saturated carbocycles. The second kappa shape index (κ2) is 6.57. The molecular formula is C19H18N4O2. The quantitative estimate of drug-likeness (QED) is 0.791. The van der Waals surface area contributed by atoms with Crippen LogP contribution in [0.15, 0.2) is 53.2 Å². The van der Waals surface area contributed by atoms with Gasteiger partial charge in [-0.05, 0) is 43.3 Å². The van der Waals surface area contributed by atoms with E-state index in [1.165, 1.54) is 0 Å². The highest BCUT2D eigenvalue weighted by Crippen LogP contribution is 2.26. The molecule has 6 nitrogen and oxygen atoms in total. The molecule has 3 rings (SSSR count). The number of nitriles is 1. The van der Waals surface area contributed by atoms with E-state index in [-0.39, 0.29) is 17.0 Å². The van der Waals surface area contributed by atoms with Gasteiger partial charge in [0.05, 0.1) is 0 Å². The first-order chi connectivity index (χ1) is 12.0. The summed E-state index contributed by atoms with van der Waals surface area (Å²) in [5, 5.41) is 12.3. The van der Waals surface area contributed by atoms with E-state index >= 15 is 0 Å². The van der Waals surface area contributed by atoms with Crippen molar-refractivity contribution in [3.63, 3.8) is 0 Å². The largest absolute Gasteiger partial charge is 0.443 e. The fourth-order valence-electron chi connectivity index (χ4n) is 2.60. The lowest BCUT2D eigenvalue weighted by Gasteiger charge is -2.13. The van der Waals surface area contributed by atoms with Crippen molar-refractivity contribution in [2.45, 2.75) is 6.92 Å². The molecule has 126 valence electrons. The van der Waals surface area contributed by atoms with Crippen molar-refractivity contribution < 1.29 is 9.21 Å². The number of nitrogens with one attached hydrogen (secondary N) is 1. The molecule has 2 aromatic heterocycles. The summed E-state index contributed by atoms with van der Waals surface area (Å²) in [6, 6.07) is 13.2. The van der Waals surface area contributed by atoms with Crippen molar-refractivity contribution in [1.29, 1.82) is 5.26 Å². The van der Waals surface area contributed by atoms with Gasteiger partial charge in [-0.2, -0.15) is 5.26 Å². The lowest BCUT2D eigenvalue weighted by atomic mass is 10.1. The number of carbonyl (C=O) groups excluding carboxylic acids is 1. The summed E-state index contributed by atoms with van der Waals surface area (Å²) < 4.78 is 7.34. The Hall–Kier alpha value is -3.46. The van der Waals surface area contributed by atoms with Crippen molar-refractivity contribution in [2.75, 3.05) is 24.3 Å². The summed E-state index contributed by atoms with van der Waals surface area (Å²) in [7, 11) is 3.90. The predicted molar refractivity (Wildman–Crippen MR) is 96.2 cm³/mol. The van der Waals surface area contributed by atoms with Gasteiger partial charge in [0, 0.05) is 37.9 Å². The number of aryl methyl sites for hydroxylation is 1. The molecule has 2 heterocycles. The van der Waals surface area contributed by atoms with Gasteiger partial charge < -0.3 is 14.6 Å². The number of amides is 1. The Morgan fingerprint density at radius 1 is 1.20 bits per heavy atom. The number of nitrogens with zero attached hydrogens (tertiary/aromatic N) is 3. The lowest BCUT2D eigenvalue weighted by molar-refractivity contribution is 0.102. The molecule has 1 amide bonds. The molecule has 0 aliphatic heterocycles. The standard InChI is InChI=1S/C19H18N4O2/c1-13-17(16(12-20)19(25-13)23-10-4-5-11-23)18(24)21-14-6-8-15(9-7-14)22(2)3/h4-11H,1-3H3,(H,21,24). The average molecular weight is 334 g/mol. The van der Waals surface area contributed by atoms with E-state index in [9.17, 15) is 10.1 Å². The lowest BCUT2D eigenvalue weighted by Crippen LogP contribution is -2.14. The Morgan fingerprint density at radius 2 is 1.84 bits per heavy atom. The van der Waals surface area contributed by atoms with Crippen LogP contribution in [0.1, 0.15) is 21.7 Å². The van der Waals surface area contributed by atoms with Crippen LogP contribution in [-0.2, 0) is 0 Å². The molecule has 0 atom stereocenters. The fourth-order valence-corrected chi connectivity index (χ4v) is 2.60. The van der Waals surface area contributed by atoms with Gasteiger partial charge in [0.2, 0.25) is 5.88 Å². The Kier molecular flexibility index (Phi) is 4.31. The summed E-state index contributed by atoms with van der Waals surface area (Å²) in [6.45, 7) is 1.68. The van der Waals surface area contributed by atoms with E-state index in [0.29, 0.717) is 17.3 Å². The van der Waals surface area contributed by atoms with E-state index in [1.807, 2.05) is 55.4 Å². The molecule has 0 unspecified atom stereocenters. The molecule has 1 N–H and O–H groups in total. The highest BCUT2D eigenvalue weighted by molar-refractivity contribution is 6.07. The van der Waals surface area contributed by atoms with Crippen LogP contribution < -0.4 is 10.2 Å². The molecule has 0 fully saturated rings. The van der Waals surface area contributed by atoms with Gasteiger partial charge in [-0.15, -0.1) is 0 Å². The minimum absolute atomic E-state index is 0.219. The topological polar surface area (TPSA) is 74.2 Å². The Labute approximate surface area is 145 Å². The Morgan fingerprint density at radius 3 is 2.40 bits per heavy atom. The van der Waals surface area contributed by atoms with Crippen LogP contribution in [0, 0.1) is 18.3 Å². The third-order valence-corrected chi connectivity index (χ3v) is 3.89. The van der Waals surface area contributed by atoms with Gasteiger partial charge in [-0.25, -0.2) is 0 Å². The second-order valence-electron chi connectivity index (χ2n) is 5.81. The molecule has 25 heavy (non-hydrogen) atoms.